The fraction of sp³-hybridized carbons (Fsp3) is 0.429. The molecule has 0 radical (unpaired) electrons. The molecule has 33 heavy (non-hydrogen) atoms. The summed E-state index contributed by atoms with van der Waals surface area (Å²) in [5.74, 6) is 0.112. The van der Waals surface area contributed by atoms with Crippen LogP contribution in [0.3, 0.4) is 0 Å². The number of nitrogens with one attached hydrogen (secondary N) is 2. The van der Waals surface area contributed by atoms with Gasteiger partial charge < -0.3 is 19.7 Å². The van der Waals surface area contributed by atoms with Crippen molar-refractivity contribution in [1.82, 2.24) is 19.5 Å². The number of fused-ring (bicyclic) bond motifs is 1. The van der Waals surface area contributed by atoms with Crippen LogP contribution in [-0.2, 0) is 9.53 Å². The molecule has 12 heteroatoms. The maximum absolute atomic E-state index is 14.5. The fourth-order valence-electron chi connectivity index (χ4n) is 3.52. The zero-order valence-electron chi connectivity index (χ0n) is 17.9. The third kappa shape index (κ3) is 4.58. The van der Waals surface area contributed by atoms with Crippen LogP contribution in [0, 0.1) is 0 Å². The number of carbonyl (C=O) groups is 1. The van der Waals surface area contributed by atoms with Crippen LogP contribution in [0.1, 0.15) is 31.6 Å². The minimum absolute atomic E-state index is 0.0577. The predicted octanol–water partition coefficient (Wildman–Crippen LogP) is 0.849. The molecule has 0 spiro atoms. The third-order valence-corrected chi connectivity index (χ3v) is 5.35. The number of halogens is 1. The summed E-state index contributed by atoms with van der Waals surface area (Å²) in [5.41, 5.74) is 0.315. The molecule has 2 aromatic heterocycles. The average Bonchev–Trinajstić information content (AvgIpc) is 3.33. The largest absolute Gasteiger partial charge is 0.484 e. The topological polar surface area (TPSA) is 152 Å². The highest BCUT2D eigenvalue weighted by atomic mass is 19.1. The number of benzene rings is 1. The Morgan fingerprint density at radius 2 is 2.09 bits per heavy atom. The molecule has 3 heterocycles. The van der Waals surface area contributed by atoms with Crippen molar-refractivity contribution < 1.29 is 28.9 Å². The van der Waals surface area contributed by atoms with E-state index in [4.69, 9.17) is 9.47 Å². The van der Waals surface area contributed by atoms with E-state index < -0.39 is 42.7 Å². The predicted molar refractivity (Wildman–Crippen MR) is 115 cm³/mol. The molecular formula is C21H24FN5O6. The molecule has 4 N–H and O–H groups in total. The van der Waals surface area contributed by atoms with Gasteiger partial charge >= 0.3 is 0 Å². The number of aromatic amines is 1. The van der Waals surface area contributed by atoms with Crippen LogP contribution in [0.25, 0.3) is 11.2 Å². The first-order chi connectivity index (χ1) is 15.8. The number of imidazole rings is 1. The molecule has 3 aromatic rings. The molecular weight excluding hydrogens is 437 g/mol. The molecule has 0 unspecified atom stereocenters. The first-order valence-electron chi connectivity index (χ1n) is 10.4. The quantitative estimate of drug-likeness (QED) is 0.404. The van der Waals surface area contributed by atoms with Crippen LogP contribution in [0.4, 0.5) is 10.3 Å². The number of rotatable bonds is 7. The molecule has 1 amide bonds. The number of anilines is 1. The first kappa shape index (κ1) is 22.8. The molecule has 1 fully saturated rings. The van der Waals surface area contributed by atoms with Gasteiger partial charge in [-0.3, -0.25) is 24.5 Å². The second-order valence-corrected chi connectivity index (χ2v) is 7.98. The van der Waals surface area contributed by atoms with E-state index >= 15 is 0 Å². The van der Waals surface area contributed by atoms with Crippen LogP contribution in [-0.4, -0.2) is 67.2 Å². The Bertz CT molecular complexity index is 1190. The normalized spacial score (nSPS) is 22.7. The van der Waals surface area contributed by atoms with Crippen molar-refractivity contribution in [2.75, 3.05) is 18.5 Å². The summed E-state index contributed by atoms with van der Waals surface area (Å²) in [7, 11) is 0. The van der Waals surface area contributed by atoms with Gasteiger partial charge in [0.1, 0.15) is 18.0 Å². The standard InChI is InChI=1S/C21H24FN5O6/c1-10(2)11-3-5-12(6-4-11)32-8-14(29)24-21-25-18-16(19(31)26-21)23-9-27(18)20-15(22)17(30)13(7-28)33-20/h3-6,9-10,13,15,17,20,28,30H,7-8H2,1-2H3,(H2,24,25,26,29,31)/t13-,15-,17-,20-/m1/s1. The zero-order valence-corrected chi connectivity index (χ0v) is 17.9. The lowest BCUT2D eigenvalue weighted by atomic mass is 10.0. The smallest absolute Gasteiger partial charge is 0.280 e. The Balaban J connectivity index is 1.49. The van der Waals surface area contributed by atoms with Crippen LogP contribution in [0.5, 0.6) is 5.75 Å². The molecule has 1 saturated heterocycles. The summed E-state index contributed by atoms with van der Waals surface area (Å²) in [6.07, 6.45) is -4.77. The van der Waals surface area contributed by atoms with Crippen molar-refractivity contribution >= 4 is 23.0 Å². The van der Waals surface area contributed by atoms with Crippen molar-refractivity contribution in [3.05, 3.63) is 46.5 Å². The van der Waals surface area contributed by atoms with Gasteiger partial charge in [0.2, 0.25) is 5.95 Å². The summed E-state index contributed by atoms with van der Waals surface area (Å²) in [6.45, 7) is 3.23. The van der Waals surface area contributed by atoms with Crippen molar-refractivity contribution in [2.45, 2.75) is 44.4 Å². The fourth-order valence-corrected chi connectivity index (χ4v) is 3.52. The number of ether oxygens (including phenoxy) is 2. The lowest BCUT2D eigenvalue weighted by Gasteiger charge is -2.15. The van der Waals surface area contributed by atoms with E-state index in [0.29, 0.717) is 11.7 Å². The van der Waals surface area contributed by atoms with Crippen molar-refractivity contribution in [3.63, 3.8) is 0 Å². The number of aliphatic hydroxyl groups is 2. The number of alkyl halides is 1. The maximum atomic E-state index is 14.5. The number of carbonyl (C=O) groups excluding carboxylic acids is 1. The Hall–Kier alpha value is -3.35. The SMILES string of the molecule is CC(C)c1ccc(OCC(=O)Nc2nc3c(ncn3[C@@H]3O[C@H](CO)[C@@H](O)[C@H]3F)c(=O)[nH]2)cc1. The highest BCUT2D eigenvalue weighted by molar-refractivity contribution is 5.90. The van der Waals surface area contributed by atoms with E-state index in [9.17, 15) is 24.2 Å². The Kier molecular flexibility index (Phi) is 6.40. The summed E-state index contributed by atoms with van der Waals surface area (Å²) in [4.78, 5) is 35.1. The number of aliphatic hydroxyl groups excluding tert-OH is 2. The molecule has 4 rings (SSSR count). The van der Waals surface area contributed by atoms with Gasteiger partial charge in [-0.1, -0.05) is 26.0 Å². The Morgan fingerprint density at radius 1 is 1.36 bits per heavy atom. The Morgan fingerprint density at radius 3 is 2.73 bits per heavy atom. The molecule has 1 aliphatic rings. The van der Waals surface area contributed by atoms with Gasteiger partial charge in [-0.05, 0) is 23.6 Å². The number of hydrogen-bond donors (Lipinski definition) is 4. The molecule has 0 saturated carbocycles. The average molecular weight is 461 g/mol. The molecule has 1 aromatic carbocycles. The molecule has 0 aliphatic carbocycles. The summed E-state index contributed by atoms with van der Waals surface area (Å²) in [6, 6.07) is 7.34. The molecule has 0 bridgehead atoms. The number of H-pyrrole nitrogens is 1. The summed E-state index contributed by atoms with van der Waals surface area (Å²) >= 11 is 0. The lowest BCUT2D eigenvalue weighted by molar-refractivity contribution is -0.118. The minimum atomic E-state index is -1.88. The van der Waals surface area contributed by atoms with Gasteiger partial charge in [-0.25, -0.2) is 9.37 Å². The molecule has 4 atom stereocenters. The number of nitrogens with zero attached hydrogens (tertiary/aromatic N) is 3. The van der Waals surface area contributed by atoms with Crippen molar-refractivity contribution in [1.29, 1.82) is 0 Å². The highest BCUT2D eigenvalue weighted by Crippen LogP contribution is 2.33. The summed E-state index contributed by atoms with van der Waals surface area (Å²) < 4.78 is 26.5. The van der Waals surface area contributed by atoms with E-state index in [0.717, 1.165) is 16.5 Å². The van der Waals surface area contributed by atoms with Gasteiger partial charge in [0, 0.05) is 0 Å². The van der Waals surface area contributed by atoms with E-state index in [-0.39, 0.29) is 23.7 Å². The van der Waals surface area contributed by atoms with Gasteiger partial charge in [0.25, 0.3) is 11.5 Å². The Labute approximate surface area is 187 Å². The maximum Gasteiger partial charge on any atom is 0.280 e. The second-order valence-electron chi connectivity index (χ2n) is 7.98. The zero-order chi connectivity index (χ0) is 23.7. The van der Waals surface area contributed by atoms with Gasteiger partial charge in [0.05, 0.1) is 12.9 Å². The van der Waals surface area contributed by atoms with E-state index in [1.807, 2.05) is 12.1 Å². The van der Waals surface area contributed by atoms with Gasteiger partial charge in [-0.2, -0.15) is 4.98 Å². The number of amides is 1. The lowest BCUT2D eigenvalue weighted by Crippen LogP contribution is -2.30. The van der Waals surface area contributed by atoms with Gasteiger partial charge in [0.15, 0.2) is 30.2 Å². The van der Waals surface area contributed by atoms with Crippen LogP contribution in [0.2, 0.25) is 0 Å². The van der Waals surface area contributed by atoms with Crippen LogP contribution < -0.4 is 15.6 Å². The first-order valence-corrected chi connectivity index (χ1v) is 10.4. The second kappa shape index (κ2) is 9.25. The van der Waals surface area contributed by atoms with Gasteiger partial charge in [-0.15, -0.1) is 0 Å². The van der Waals surface area contributed by atoms with Crippen LogP contribution >= 0.6 is 0 Å². The van der Waals surface area contributed by atoms with E-state index in [1.165, 1.54) is 0 Å². The van der Waals surface area contributed by atoms with Crippen molar-refractivity contribution in [3.8, 4) is 5.75 Å². The monoisotopic (exact) mass is 461 g/mol. The molecule has 1 aliphatic heterocycles. The number of aromatic nitrogens is 4. The van der Waals surface area contributed by atoms with E-state index in [1.54, 1.807) is 12.1 Å². The molecule has 11 nitrogen and oxygen atoms in total. The third-order valence-electron chi connectivity index (χ3n) is 5.35. The van der Waals surface area contributed by atoms with E-state index in [2.05, 4.69) is 34.1 Å². The molecule has 176 valence electrons. The minimum Gasteiger partial charge on any atom is -0.484 e. The number of hydrogen-bond acceptors (Lipinski definition) is 8. The highest BCUT2D eigenvalue weighted by Gasteiger charge is 2.45. The van der Waals surface area contributed by atoms with Crippen molar-refractivity contribution in [2.24, 2.45) is 0 Å². The summed E-state index contributed by atoms with van der Waals surface area (Å²) in [5, 5.41) is 21.5. The van der Waals surface area contributed by atoms with Crippen LogP contribution in [0.15, 0.2) is 35.4 Å².